The average Bonchev–Trinajstić information content (AvgIpc) is 2.34. The molecule has 1 unspecified atom stereocenters. The van der Waals surface area contributed by atoms with E-state index in [0.29, 0.717) is 0 Å². The zero-order valence-electron chi connectivity index (χ0n) is 11.5. The highest BCUT2D eigenvalue weighted by Crippen LogP contribution is 2.16. The second-order valence-corrected chi connectivity index (χ2v) is 5.20. The maximum absolute atomic E-state index is 11.6. The van der Waals surface area contributed by atoms with Gasteiger partial charge >= 0.3 is 0 Å². The third kappa shape index (κ3) is 2.91. The van der Waals surface area contributed by atoms with Crippen LogP contribution in [0.1, 0.15) is 23.6 Å². The van der Waals surface area contributed by atoms with Crippen molar-refractivity contribution in [2.75, 3.05) is 19.6 Å². The Labute approximate surface area is 109 Å². The summed E-state index contributed by atoms with van der Waals surface area (Å²) in [6, 6.07) is 6.83. The summed E-state index contributed by atoms with van der Waals surface area (Å²) in [5, 5.41) is 3.38. The van der Waals surface area contributed by atoms with Crippen molar-refractivity contribution in [1.82, 2.24) is 10.2 Å². The van der Waals surface area contributed by atoms with Crippen molar-refractivity contribution in [3.8, 4) is 0 Å². The second kappa shape index (κ2) is 5.53. The molecule has 3 nitrogen and oxygen atoms in total. The first-order chi connectivity index (χ1) is 8.58. The number of rotatable bonds is 2. The van der Waals surface area contributed by atoms with Crippen LogP contribution in [0.4, 0.5) is 0 Å². The van der Waals surface area contributed by atoms with Crippen LogP contribution < -0.4 is 5.32 Å². The predicted octanol–water partition coefficient (Wildman–Crippen LogP) is 1.67. The van der Waals surface area contributed by atoms with E-state index in [1.165, 1.54) is 16.7 Å². The molecule has 0 aromatic heterocycles. The van der Waals surface area contributed by atoms with E-state index in [-0.39, 0.29) is 11.9 Å². The molecule has 0 saturated carbocycles. The van der Waals surface area contributed by atoms with Crippen LogP contribution in [-0.2, 0) is 11.2 Å². The maximum Gasteiger partial charge on any atom is 0.219 e. The first kappa shape index (κ1) is 13.1. The van der Waals surface area contributed by atoms with Crippen LogP contribution in [0.15, 0.2) is 18.2 Å². The standard InChI is InChI=1S/C15H22N2O/c1-11-4-5-12(2)14(8-11)9-15-10-16-6-7-17(15)13(3)18/h4-5,8,15-16H,6-7,9-10H2,1-3H3. The molecule has 1 N–H and O–H groups in total. The molecule has 1 amide bonds. The zero-order chi connectivity index (χ0) is 13.1. The number of aryl methyl sites for hydroxylation is 2. The highest BCUT2D eigenvalue weighted by molar-refractivity contribution is 5.73. The normalized spacial score (nSPS) is 19.9. The lowest BCUT2D eigenvalue weighted by Gasteiger charge is -2.36. The number of piperazine rings is 1. The fourth-order valence-corrected chi connectivity index (χ4v) is 2.63. The smallest absolute Gasteiger partial charge is 0.219 e. The van der Waals surface area contributed by atoms with Crippen LogP contribution in [0.5, 0.6) is 0 Å². The van der Waals surface area contributed by atoms with Gasteiger partial charge in [-0.2, -0.15) is 0 Å². The summed E-state index contributed by atoms with van der Waals surface area (Å²) in [5.41, 5.74) is 3.96. The Morgan fingerprint density at radius 1 is 1.44 bits per heavy atom. The topological polar surface area (TPSA) is 32.3 Å². The summed E-state index contributed by atoms with van der Waals surface area (Å²) in [6.45, 7) is 8.55. The number of hydrogen-bond donors (Lipinski definition) is 1. The predicted molar refractivity (Wildman–Crippen MR) is 73.7 cm³/mol. The monoisotopic (exact) mass is 246 g/mol. The van der Waals surface area contributed by atoms with Crippen molar-refractivity contribution in [2.24, 2.45) is 0 Å². The number of nitrogens with one attached hydrogen (secondary N) is 1. The third-order valence-electron chi connectivity index (χ3n) is 3.71. The van der Waals surface area contributed by atoms with Crippen LogP contribution >= 0.6 is 0 Å². The molecular weight excluding hydrogens is 224 g/mol. The van der Waals surface area contributed by atoms with Gasteiger partial charge in [0.15, 0.2) is 0 Å². The average molecular weight is 246 g/mol. The van der Waals surface area contributed by atoms with E-state index in [1.54, 1.807) is 6.92 Å². The molecule has 1 fully saturated rings. The molecule has 18 heavy (non-hydrogen) atoms. The Kier molecular flexibility index (Phi) is 4.02. The fraction of sp³-hybridized carbons (Fsp3) is 0.533. The van der Waals surface area contributed by atoms with Gasteiger partial charge < -0.3 is 10.2 Å². The summed E-state index contributed by atoms with van der Waals surface area (Å²) in [4.78, 5) is 13.6. The largest absolute Gasteiger partial charge is 0.337 e. The van der Waals surface area contributed by atoms with Gasteiger partial charge in [-0.3, -0.25) is 4.79 Å². The number of carbonyl (C=O) groups is 1. The molecule has 0 radical (unpaired) electrons. The highest BCUT2D eigenvalue weighted by Gasteiger charge is 2.24. The second-order valence-electron chi connectivity index (χ2n) is 5.20. The van der Waals surface area contributed by atoms with Gasteiger partial charge in [0.1, 0.15) is 0 Å². The molecule has 0 bridgehead atoms. The number of nitrogens with zero attached hydrogens (tertiary/aromatic N) is 1. The Morgan fingerprint density at radius 3 is 2.94 bits per heavy atom. The van der Waals surface area contributed by atoms with Crippen LogP contribution in [0, 0.1) is 13.8 Å². The summed E-state index contributed by atoms with van der Waals surface area (Å²) in [6.07, 6.45) is 0.945. The van der Waals surface area contributed by atoms with Gasteiger partial charge in [-0.25, -0.2) is 0 Å². The molecule has 1 heterocycles. The summed E-state index contributed by atoms with van der Waals surface area (Å²) >= 11 is 0. The lowest BCUT2D eigenvalue weighted by atomic mass is 9.97. The number of hydrogen-bond acceptors (Lipinski definition) is 2. The zero-order valence-corrected chi connectivity index (χ0v) is 11.5. The van der Waals surface area contributed by atoms with E-state index in [9.17, 15) is 4.79 Å². The molecule has 1 aliphatic heterocycles. The minimum absolute atomic E-state index is 0.187. The van der Waals surface area contributed by atoms with Crippen molar-refractivity contribution in [3.63, 3.8) is 0 Å². The lowest BCUT2D eigenvalue weighted by Crippen LogP contribution is -2.53. The van der Waals surface area contributed by atoms with Gasteiger partial charge in [-0.1, -0.05) is 23.8 Å². The van der Waals surface area contributed by atoms with Crippen LogP contribution in [0.25, 0.3) is 0 Å². The first-order valence-electron chi connectivity index (χ1n) is 6.62. The molecule has 98 valence electrons. The molecule has 1 atom stereocenters. The Morgan fingerprint density at radius 2 is 2.22 bits per heavy atom. The van der Waals surface area contributed by atoms with Gasteiger partial charge in [0.05, 0.1) is 0 Å². The van der Waals surface area contributed by atoms with Crippen molar-refractivity contribution in [3.05, 3.63) is 34.9 Å². The van der Waals surface area contributed by atoms with E-state index in [0.717, 1.165) is 26.1 Å². The van der Waals surface area contributed by atoms with Gasteiger partial charge in [0, 0.05) is 32.6 Å². The van der Waals surface area contributed by atoms with Crippen LogP contribution in [-0.4, -0.2) is 36.5 Å². The minimum Gasteiger partial charge on any atom is -0.337 e. The number of benzene rings is 1. The van der Waals surface area contributed by atoms with Gasteiger partial charge in [0.25, 0.3) is 0 Å². The molecule has 0 spiro atoms. The molecule has 2 rings (SSSR count). The lowest BCUT2D eigenvalue weighted by molar-refractivity contribution is -0.131. The van der Waals surface area contributed by atoms with E-state index in [4.69, 9.17) is 0 Å². The van der Waals surface area contributed by atoms with Gasteiger partial charge in [-0.05, 0) is 31.4 Å². The van der Waals surface area contributed by atoms with Crippen LogP contribution in [0.2, 0.25) is 0 Å². The molecule has 1 aliphatic rings. The quantitative estimate of drug-likeness (QED) is 0.861. The molecular formula is C15H22N2O. The van der Waals surface area contributed by atoms with Crippen molar-refractivity contribution >= 4 is 5.91 Å². The highest BCUT2D eigenvalue weighted by atomic mass is 16.2. The summed E-state index contributed by atoms with van der Waals surface area (Å²) < 4.78 is 0. The molecule has 0 aliphatic carbocycles. The SMILES string of the molecule is CC(=O)N1CCNCC1Cc1cc(C)ccc1C. The number of amides is 1. The summed E-state index contributed by atoms with van der Waals surface area (Å²) in [7, 11) is 0. The number of carbonyl (C=O) groups excluding carboxylic acids is 1. The summed E-state index contributed by atoms with van der Waals surface area (Å²) in [5.74, 6) is 0.187. The van der Waals surface area contributed by atoms with E-state index in [2.05, 4.69) is 37.4 Å². The van der Waals surface area contributed by atoms with E-state index in [1.807, 2.05) is 4.90 Å². The Hall–Kier alpha value is -1.35. The van der Waals surface area contributed by atoms with Crippen molar-refractivity contribution in [2.45, 2.75) is 33.2 Å². The van der Waals surface area contributed by atoms with E-state index < -0.39 is 0 Å². The molecule has 1 aromatic rings. The first-order valence-corrected chi connectivity index (χ1v) is 6.62. The van der Waals surface area contributed by atoms with E-state index >= 15 is 0 Å². The van der Waals surface area contributed by atoms with Gasteiger partial charge in [-0.15, -0.1) is 0 Å². The fourth-order valence-electron chi connectivity index (χ4n) is 2.63. The van der Waals surface area contributed by atoms with Crippen molar-refractivity contribution < 1.29 is 4.79 Å². The molecule has 1 saturated heterocycles. The molecule has 3 heteroatoms. The van der Waals surface area contributed by atoms with Crippen molar-refractivity contribution in [1.29, 1.82) is 0 Å². The minimum atomic E-state index is 0.187. The Bertz CT molecular complexity index is 442. The third-order valence-corrected chi connectivity index (χ3v) is 3.71. The van der Waals surface area contributed by atoms with Crippen LogP contribution in [0.3, 0.4) is 0 Å². The Balaban J connectivity index is 2.15. The molecule has 1 aromatic carbocycles. The van der Waals surface area contributed by atoms with Gasteiger partial charge in [0.2, 0.25) is 5.91 Å². The maximum atomic E-state index is 11.6.